The first-order valence-corrected chi connectivity index (χ1v) is 10.9. The number of amides is 4. The molecule has 0 saturated carbocycles. The predicted octanol–water partition coefficient (Wildman–Crippen LogP) is 4.84. The highest BCUT2D eigenvalue weighted by Gasteiger charge is 2.41. The summed E-state index contributed by atoms with van der Waals surface area (Å²) < 4.78 is 0. The molecule has 2 aromatic carbocycles. The second kappa shape index (κ2) is 7.84. The van der Waals surface area contributed by atoms with E-state index in [0.29, 0.717) is 16.8 Å². The van der Waals surface area contributed by atoms with Crippen molar-refractivity contribution < 1.29 is 14.4 Å². The highest BCUT2D eigenvalue weighted by molar-refractivity contribution is 6.22. The molecule has 6 nitrogen and oxygen atoms in total. The van der Waals surface area contributed by atoms with Gasteiger partial charge in [-0.15, -0.1) is 0 Å². The molecule has 2 N–H and O–H groups in total. The van der Waals surface area contributed by atoms with Gasteiger partial charge in [0.1, 0.15) is 0 Å². The van der Waals surface area contributed by atoms with E-state index in [9.17, 15) is 14.4 Å². The molecule has 4 amide bonds. The van der Waals surface area contributed by atoms with Gasteiger partial charge in [0.25, 0.3) is 11.8 Å². The number of anilines is 1. The van der Waals surface area contributed by atoms with Crippen molar-refractivity contribution in [3.63, 3.8) is 0 Å². The molecule has 31 heavy (non-hydrogen) atoms. The fourth-order valence-electron chi connectivity index (χ4n) is 4.40. The Morgan fingerprint density at radius 2 is 1.61 bits per heavy atom. The fourth-order valence-corrected chi connectivity index (χ4v) is 4.40. The number of rotatable bonds is 3. The molecule has 2 aromatic rings. The summed E-state index contributed by atoms with van der Waals surface area (Å²) >= 11 is 0. The highest BCUT2D eigenvalue weighted by atomic mass is 16.2. The average molecular weight is 420 g/mol. The molecular weight excluding hydrogens is 390 g/mol. The molecule has 0 saturated heterocycles. The van der Waals surface area contributed by atoms with Crippen LogP contribution in [0.3, 0.4) is 0 Å². The molecule has 2 aliphatic rings. The van der Waals surface area contributed by atoms with Gasteiger partial charge in [-0.25, -0.2) is 4.79 Å². The SMILES string of the molecule is CC(NC(=O)Nc1ccc2c(c1)C(=O)N(C(C)(C)C)C2=O)c1ccc2c(c1)CCCC2. The summed E-state index contributed by atoms with van der Waals surface area (Å²) in [6, 6.07) is 10.8. The summed E-state index contributed by atoms with van der Waals surface area (Å²) in [7, 11) is 0. The molecule has 0 spiro atoms. The van der Waals surface area contributed by atoms with Gasteiger partial charge in [-0.1, -0.05) is 18.2 Å². The predicted molar refractivity (Wildman–Crippen MR) is 120 cm³/mol. The number of nitrogens with one attached hydrogen (secondary N) is 2. The Kier molecular flexibility index (Phi) is 5.33. The van der Waals surface area contributed by atoms with Crippen molar-refractivity contribution in [2.24, 2.45) is 0 Å². The van der Waals surface area contributed by atoms with Crippen LogP contribution in [0.4, 0.5) is 10.5 Å². The third kappa shape index (κ3) is 4.07. The van der Waals surface area contributed by atoms with Crippen LogP contribution in [-0.4, -0.2) is 28.3 Å². The van der Waals surface area contributed by atoms with Crippen LogP contribution in [0.1, 0.15) is 84.0 Å². The van der Waals surface area contributed by atoms with Crippen molar-refractivity contribution in [3.8, 4) is 0 Å². The van der Waals surface area contributed by atoms with Crippen molar-refractivity contribution in [1.29, 1.82) is 0 Å². The molecule has 6 heteroatoms. The third-order valence-electron chi connectivity index (χ3n) is 6.04. The number of fused-ring (bicyclic) bond motifs is 2. The van der Waals surface area contributed by atoms with Crippen molar-refractivity contribution in [2.75, 3.05) is 5.32 Å². The quantitative estimate of drug-likeness (QED) is 0.699. The topological polar surface area (TPSA) is 78.5 Å². The number of benzene rings is 2. The second-order valence-electron chi connectivity index (χ2n) is 9.43. The largest absolute Gasteiger partial charge is 0.331 e. The van der Waals surface area contributed by atoms with Crippen LogP contribution in [0, 0.1) is 0 Å². The van der Waals surface area contributed by atoms with Gasteiger partial charge in [0.05, 0.1) is 17.2 Å². The molecule has 1 unspecified atom stereocenters. The van der Waals surface area contributed by atoms with Crippen molar-refractivity contribution in [1.82, 2.24) is 10.2 Å². The summed E-state index contributed by atoms with van der Waals surface area (Å²) in [5, 5.41) is 5.75. The van der Waals surface area contributed by atoms with Crippen LogP contribution < -0.4 is 10.6 Å². The van der Waals surface area contributed by atoms with E-state index in [2.05, 4.69) is 28.8 Å². The molecule has 0 fully saturated rings. The Balaban J connectivity index is 1.45. The van der Waals surface area contributed by atoms with Gasteiger partial charge >= 0.3 is 6.03 Å². The lowest BCUT2D eigenvalue weighted by molar-refractivity contribution is 0.0507. The van der Waals surface area contributed by atoms with E-state index in [4.69, 9.17) is 0 Å². The molecule has 1 atom stereocenters. The zero-order chi connectivity index (χ0) is 22.3. The summed E-state index contributed by atoms with van der Waals surface area (Å²) in [5.41, 5.74) is 4.42. The number of hydrogen-bond acceptors (Lipinski definition) is 3. The van der Waals surface area contributed by atoms with Crippen LogP contribution in [0.2, 0.25) is 0 Å². The smallest absolute Gasteiger partial charge is 0.319 e. The van der Waals surface area contributed by atoms with Gasteiger partial charge < -0.3 is 10.6 Å². The van der Waals surface area contributed by atoms with Crippen LogP contribution >= 0.6 is 0 Å². The molecule has 162 valence electrons. The van der Waals surface area contributed by atoms with Gasteiger partial charge in [0.15, 0.2) is 0 Å². The fraction of sp³-hybridized carbons (Fsp3) is 0.400. The van der Waals surface area contributed by atoms with Crippen LogP contribution in [-0.2, 0) is 12.8 Å². The van der Waals surface area contributed by atoms with Gasteiger partial charge in [-0.2, -0.15) is 0 Å². The van der Waals surface area contributed by atoms with Crippen molar-refractivity contribution >= 4 is 23.5 Å². The van der Waals surface area contributed by atoms with E-state index >= 15 is 0 Å². The lowest BCUT2D eigenvalue weighted by atomic mass is 9.89. The highest BCUT2D eigenvalue weighted by Crippen LogP contribution is 2.31. The maximum atomic E-state index is 12.7. The molecular formula is C25H29N3O3. The maximum Gasteiger partial charge on any atom is 0.319 e. The standard InChI is InChI=1S/C25H29N3O3/c1-15(17-10-9-16-7-5-6-8-18(16)13-17)26-24(31)27-19-11-12-20-21(14-19)23(30)28(22(20)29)25(2,3)4/h9-15H,5-8H2,1-4H3,(H2,26,27,31). The summed E-state index contributed by atoms with van der Waals surface area (Å²) in [4.78, 5) is 39.2. The van der Waals surface area contributed by atoms with Gasteiger partial charge in [0.2, 0.25) is 0 Å². The minimum absolute atomic E-state index is 0.152. The van der Waals surface area contributed by atoms with Gasteiger partial charge in [0, 0.05) is 11.2 Å². The number of aryl methyl sites for hydroxylation is 2. The molecule has 1 aliphatic heterocycles. The molecule has 1 aliphatic carbocycles. The third-order valence-corrected chi connectivity index (χ3v) is 6.04. The Labute approximate surface area is 183 Å². The van der Waals surface area contributed by atoms with Gasteiger partial charge in [-0.3, -0.25) is 14.5 Å². The van der Waals surface area contributed by atoms with E-state index in [1.165, 1.54) is 28.9 Å². The van der Waals surface area contributed by atoms with E-state index in [0.717, 1.165) is 18.4 Å². The number of nitrogens with zero attached hydrogens (tertiary/aromatic N) is 1. The molecule has 0 aromatic heterocycles. The minimum atomic E-state index is -0.609. The van der Waals surface area contributed by atoms with Crippen LogP contribution in [0.5, 0.6) is 0 Å². The normalized spacial score (nSPS) is 16.6. The first-order chi connectivity index (χ1) is 14.6. The van der Waals surface area contributed by atoms with Crippen molar-refractivity contribution in [3.05, 3.63) is 64.2 Å². The minimum Gasteiger partial charge on any atom is -0.331 e. The first kappa shape index (κ1) is 21.1. The second-order valence-corrected chi connectivity index (χ2v) is 9.43. The summed E-state index contributed by atoms with van der Waals surface area (Å²) in [6.45, 7) is 7.42. The first-order valence-electron chi connectivity index (χ1n) is 10.9. The zero-order valence-corrected chi connectivity index (χ0v) is 18.5. The number of hydrogen-bond donors (Lipinski definition) is 2. The Bertz CT molecular complexity index is 1070. The lowest BCUT2D eigenvalue weighted by Crippen LogP contribution is -2.45. The molecule has 0 bridgehead atoms. The zero-order valence-electron chi connectivity index (χ0n) is 18.5. The number of imide groups is 1. The van der Waals surface area contributed by atoms with E-state index in [1.807, 2.05) is 27.7 Å². The summed E-state index contributed by atoms with van der Waals surface area (Å²) in [6.07, 6.45) is 4.68. The van der Waals surface area contributed by atoms with E-state index in [-0.39, 0.29) is 23.9 Å². The Morgan fingerprint density at radius 3 is 2.32 bits per heavy atom. The average Bonchev–Trinajstić information content (AvgIpc) is 2.97. The maximum absolute atomic E-state index is 12.7. The number of carbonyl (C=O) groups is 3. The summed E-state index contributed by atoms with van der Waals surface area (Å²) in [5.74, 6) is -0.636. The number of urea groups is 1. The van der Waals surface area contributed by atoms with E-state index < -0.39 is 5.54 Å². The van der Waals surface area contributed by atoms with Gasteiger partial charge in [-0.05, 0) is 88.3 Å². The molecule has 4 rings (SSSR count). The monoisotopic (exact) mass is 419 g/mol. The van der Waals surface area contributed by atoms with Crippen LogP contribution in [0.15, 0.2) is 36.4 Å². The van der Waals surface area contributed by atoms with E-state index in [1.54, 1.807) is 18.2 Å². The lowest BCUT2D eigenvalue weighted by Gasteiger charge is -2.29. The Morgan fingerprint density at radius 1 is 0.935 bits per heavy atom. The molecule has 0 radical (unpaired) electrons. The molecule has 1 heterocycles. The Hall–Kier alpha value is -3.15. The van der Waals surface area contributed by atoms with Crippen molar-refractivity contribution in [2.45, 2.75) is 65.0 Å². The van der Waals surface area contributed by atoms with Crippen LogP contribution in [0.25, 0.3) is 0 Å². The number of carbonyl (C=O) groups excluding carboxylic acids is 3.